The van der Waals surface area contributed by atoms with Gasteiger partial charge in [0, 0.05) is 26.3 Å². The molecule has 0 radical (unpaired) electrons. The van der Waals surface area contributed by atoms with Crippen molar-refractivity contribution in [3.8, 4) is 0 Å². The Bertz CT molecular complexity index is 467. The quantitative estimate of drug-likeness (QED) is 0.922. The number of nitrogens with zero attached hydrogens (tertiary/aromatic N) is 3. The number of piperidine rings is 1. The number of alkyl halides is 3. The van der Waals surface area contributed by atoms with Crippen molar-refractivity contribution in [2.45, 2.75) is 25.6 Å². The van der Waals surface area contributed by atoms with E-state index in [0.717, 1.165) is 0 Å². The molecule has 1 aliphatic rings. The van der Waals surface area contributed by atoms with Gasteiger partial charge in [0.2, 0.25) is 0 Å². The molecular weight excluding hydrogens is 273 g/mol. The molecule has 1 unspecified atom stereocenters. The minimum atomic E-state index is -4.17. The number of aromatic nitrogens is 2. The lowest BCUT2D eigenvalue weighted by atomic mass is 9.97. The highest BCUT2D eigenvalue weighted by Crippen LogP contribution is 2.34. The maximum atomic E-state index is 12.8. The van der Waals surface area contributed by atoms with Gasteiger partial charge in [-0.25, -0.2) is 9.97 Å². The van der Waals surface area contributed by atoms with E-state index in [-0.39, 0.29) is 25.4 Å². The highest BCUT2D eigenvalue weighted by molar-refractivity contribution is 5.47. The predicted octanol–water partition coefficient (Wildman–Crippen LogP) is 1.98. The number of methoxy groups -OCH3 is 1. The summed E-state index contributed by atoms with van der Waals surface area (Å²) in [5.74, 6) is -0.287. The van der Waals surface area contributed by atoms with Crippen molar-refractivity contribution < 1.29 is 17.9 Å². The molecular formula is C12H17F3N4O. The first-order valence-corrected chi connectivity index (χ1v) is 6.34. The van der Waals surface area contributed by atoms with E-state index in [4.69, 9.17) is 10.5 Å². The summed E-state index contributed by atoms with van der Waals surface area (Å²) in [5.41, 5.74) is 5.66. The average molecular weight is 290 g/mol. The molecule has 2 heterocycles. The zero-order valence-electron chi connectivity index (χ0n) is 11.2. The molecule has 1 aliphatic heterocycles. The molecule has 1 saturated heterocycles. The van der Waals surface area contributed by atoms with Crippen molar-refractivity contribution >= 4 is 11.6 Å². The Morgan fingerprint density at radius 2 is 2.20 bits per heavy atom. The molecule has 0 bridgehead atoms. The molecule has 5 nitrogen and oxygen atoms in total. The maximum absolute atomic E-state index is 12.8. The van der Waals surface area contributed by atoms with Gasteiger partial charge in [-0.15, -0.1) is 0 Å². The molecule has 1 fully saturated rings. The molecule has 8 heteroatoms. The van der Waals surface area contributed by atoms with Crippen LogP contribution in [0.2, 0.25) is 0 Å². The van der Waals surface area contributed by atoms with E-state index >= 15 is 0 Å². The summed E-state index contributed by atoms with van der Waals surface area (Å²) < 4.78 is 43.3. The van der Waals surface area contributed by atoms with Crippen molar-refractivity contribution in [2.24, 2.45) is 5.92 Å². The second kappa shape index (κ2) is 5.82. The SMILES string of the molecule is COCc1nc(N)cc(N2CCCC(C(F)(F)F)C2)n1. The highest BCUT2D eigenvalue weighted by Gasteiger charge is 2.42. The second-order valence-corrected chi connectivity index (χ2v) is 4.83. The zero-order valence-corrected chi connectivity index (χ0v) is 11.2. The van der Waals surface area contributed by atoms with Crippen LogP contribution in [0, 0.1) is 5.92 Å². The molecule has 2 rings (SSSR count). The molecule has 0 aliphatic carbocycles. The van der Waals surface area contributed by atoms with E-state index in [1.54, 1.807) is 4.90 Å². The van der Waals surface area contributed by atoms with Crippen molar-refractivity contribution in [3.63, 3.8) is 0 Å². The summed E-state index contributed by atoms with van der Waals surface area (Å²) >= 11 is 0. The molecule has 112 valence electrons. The van der Waals surface area contributed by atoms with Crippen LogP contribution in [0.4, 0.5) is 24.8 Å². The van der Waals surface area contributed by atoms with E-state index in [2.05, 4.69) is 9.97 Å². The van der Waals surface area contributed by atoms with E-state index in [0.29, 0.717) is 24.6 Å². The molecule has 0 aromatic carbocycles. The van der Waals surface area contributed by atoms with Crippen LogP contribution in [0.3, 0.4) is 0 Å². The van der Waals surface area contributed by atoms with Crippen molar-refractivity contribution in [3.05, 3.63) is 11.9 Å². The lowest BCUT2D eigenvalue weighted by Crippen LogP contribution is -2.42. The van der Waals surface area contributed by atoms with Crippen LogP contribution in [0.15, 0.2) is 6.07 Å². The summed E-state index contributed by atoms with van der Waals surface area (Å²) in [7, 11) is 1.49. The second-order valence-electron chi connectivity index (χ2n) is 4.83. The smallest absolute Gasteiger partial charge is 0.384 e. The third kappa shape index (κ3) is 3.50. The topological polar surface area (TPSA) is 64.3 Å². The number of rotatable bonds is 3. The van der Waals surface area contributed by atoms with Crippen LogP contribution in [0.1, 0.15) is 18.7 Å². The summed E-state index contributed by atoms with van der Waals surface area (Å²) in [6.45, 7) is 0.621. The summed E-state index contributed by atoms with van der Waals surface area (Å²) in [5, 5.41) is 0. The molecule has 0 saturated carbocycles. The molecule has 2 N–H and O–H groups in total. The van der Waals surface area contributed by atoms with Gasteiger partial charge in [-0.2, -0.15) is 13.2 Å². The molecule has 1 atom stereocenters. The molecule has 1 aromatic rings. The minimum absolute atomic E-state index is 0.0909. The Morgan fingerprint density at radius 1 is 1.45 bits per heavy atom. The van der Waals surface area contributed by atoms with Gasteiger partial charge in [-0.1, -0.05) is 0 Å². The van der Waals surface area contributed by atoms with Gasteiger partial charge in [-0.05, 0) is 12.8 Å². The van der Waals surface area contributed by atoms with E-state index in [9.17, 15) is 13.2 Å². The zero-order chi connectivity index (χ0) is 14.8. The van der Waals surface area contributed by atoms with Gasteiger partial charge in [0.1, 0.15) is 18.2 Å². The summed E-state index contributed by atoms with van der Waals surface area (Å²) in [6, 6.07) is 1.50. The Balaban J connectivity index is 2.18. The van der Waals surface area contributed by atoms with Crippen molar-refractivity contribution in [2.75, 3.05) is 30.8 Å². The highest BCUT2D eigenvalue weighted by atomic mass is 19.4. The Kier molecular flexibility index (Phi) is 4.32. The first kappa shape index (κ1) is 14.8. The third-order valence-corrected chi connectivity index (χ3v) is 3.26. The van der Waals surface area contributed by atoms with Crippen LogP contribution in [0.5, 0.6) is 0 Å². The minimum Gasteiger partial charge on any atom is -0.384 e. The number of anilines is 2. The molecule has 0 amide bonds. The Hall–Kier alpha value is -1.57. The van der Waals surface area contributed by atoms with Crippen LogP contribution in [-0.2, 0) is 11.3 Å². The van der Waals surface area contributed by atoms with Crippen LogP contribution < -0.4 is 10.6 Å². The lowest BCUT2D eigenvalue weighted by Gasteiger charge is -2.34. The van der Waals surface area contributed by atoms with E-state index < -0.39 is 12.1 Å². The lowest BCUT2D eigenvalue weighted by molar-refractivity contribution is -0.176. The van der Waals surface area contributed by atoms with Gasteiger partial charge >= 0.3 is 6.18 Å². The number of ether oxygens (including phenoxy) is 1. The average Bonchev–Trinajstić information content (AvgIpc) is 2.37. The van der Waals surface area contributed by atoms with Crippen molar-refractivity contribution in [1.29, 1.82) is 0 Å². The Labute approximate surface area is 114 Å². The standard InChI is InChI=1S/C12H17F3N4O/c1-20-7-10-17-9(16)5-11(18-10)19-4-2-3-8(6-19)12(13,14)15/h5,8H,2-4,6-7H2,1H3,(H2,16,17,18). The van der Waals surface area contributed by atoms with Gasteiger partial charge in [0.05, 0.1) is 5.92 Å². The van der Waals surface area contributed by atoms with Crippen LogP contribution in [0.25, 0.3) is 0 Å². The van der Waals surface area contributed by atoms with E-state index in [1.165, 1.54) is 13.2 Å². The first-order chi connectivity index (χ1) is 9.40. The fourth-order valence-corrected chi connectivity index (χ4v) is 2.31. The van der Waals surface area contributed by atoms with Gasteiger partial charge in [0.25, 0.3) is 0 Å². The molecule has 20 heavy (non-hydrogen) atoms. The number of halogens is 3. The van der Waals surface area contributed by atoms with Crippen molar-refractivity contribution in [1.82, 2.24) is 9.97 Å². The van der Waals surface area contributed by atoms with E-state index in [1.807, 2.05) is 0 Å². The summed E-state index contributed by atoms with van der Waals surface area (Å²) in [4.78, 5) is 9.79. The monoisotopic (exact) mass is 290 g/mol. The van der Waals surface area contributed by atoms with Gasteiger partial charge in [0.15, 0.2) is 5.82 Å². The molecule has 1 aromatic heterocycles. The first-order valence-electron chi connectivity index (χ1n) is 6.34. The number of nitrogens with two attached hydrogens (primary N) is 1. The fourth-order valence-electron chi connectivity index (χ4n) is 2.31. The molecule has 0 spiro atoms. The van der Waals surface area contributed by atoms with Crippen LogP contribution in [-0.4, -0.2) is 36.3 Å². The van der Waals surface area contributed by atoms with Crippen LogP contribution >= 0.6 is 0 Å². The fraction of sp³-hybridized carbons (Fsp3) is 0.667. The normalized spacial score (nSPS) is 20.2. The number of hydrogen-bond acceptors (Lipinski definition) is 5. The number of hydrogen-bond donors (Lipinski definition) is 1. The van der Waals surface area contributed by atoms with Gasteiger partial charge < -0.3 is 15.4 Å². The van der Waals surface area contributed by atoms with Gasteiger partial charge in [-0.3, -0.25) is 0 Å². The number of nitrogen functional groups attached to an aromatic ring is 1. The summed E-state index contributed by atoms with van der Waals surface area (Å²) in [6.07, 6.45) is -3.54. The predicted molar refractivity (Wildman–Crippen MR) is 68.1 cm³/mol. The third-order valence-electron chi connectivity index (χ3n) is 3.26. The largest absolute Gasteiger partial charge is 0.393 e. The Morgan fingerprint density at radius 3 is 2.85 bits per heavy atom. The maximum Gasteiger partial charge on any atom is 0.393 e.